The first-order chi connectivity index (χ1) is 12.5. The number of nitrogens with zero attached hydrogens (tertiary/aromatic N) is 4. The van der Waals surface area contributed by atoms with Gasteiger partial charge in [-0.2, -0.15) is 5.10 Å². The maximum atomic E-state index is 13.5. The van der Waals surface area contributed by atoms with Crippen LogP contribution in [0.25, 0.3) is 0 Å². The summed E-state index contributed by atoms with van der Waals surface area (Å²) >= 11 is 6.11. The van der Waals surface area contributed by atoms with Gasteiger partial charge in [-0.05, 0) is 30.2 Å². The molecule has 1 N–H and O–H groups in total. The highest BCUT2D eigenvalue weighted by atomic mass is 35.5. The summed E-state index contributed by atoms with van der Waals surface area (Å²) in [5, 5.41) is 6.29. The Morgan fingerprint density at radius 2 is 2.15 bits per heavy atom. The summed E-state index contributed by atoms with van der Waals surface area (Å²) in [4.78, 5) is 18.2. The monoisotopic (exact) mass is 373 g/mol. The lowest BCUT2D eigenvalue weighted by Gasteiger charge is -2.30. The first kappa shape index (κ1) is 16.8. The highest BCUT2D eigenvalue weighted by Crippen LogP contribution is 2.26. The summed E-state index contributed by atoms with van der Waals surface area (Å²) in [7, 11) is 0. The van der Waals surface area contributed by atoms with Gasteiger partial charge in [0.15, 0.2) is 0 Å². The fourth-order valence-corrected chi connectivity index (χ4v) is 3.50. The summed E-state index contributed by atoms with van der Waals surface area (Å²) in [5.41, 5.74) is 3.26. The van der Waals surface area contributed by atoms with E-state index >= 15 is 0 Å². The third-order valence-corrected chi connectivity index (χ3v) is 5.11. The first-order valence-electron chi connectivity index (χ1n) is 8.29. The lowest BCUT2D eigenvalue weighted by molar-refractivity contribution is 0.545. The topological polar surface area (TPSA) is 66.8 Å². The Kier molecular flexibility index (Phi) is 4.24. The maximum Gasteiger partial charge on any atom is 0.285 e. The van der Waals surface area contributed by atoms with Crippen molar-refractivity contribution >= 4 is 17.3 Å². The molecule has 6 nitrogen and oxygen atoms in total. The number of aromatic amines is 1. The lowest BCUT2D eigenvalue weighted by Crippen LogP contribution is -2.35. The van der Waals surface area contributed by atoms with Crippen molar-refractivity contribution < 1.29 is 4.39 Å². The number of aromatic nitrogens is 4. The van der Waals surface area contributed by atoms with Crippen molar-refractivity contribution in [2.75, 3.05) is 11.4 Å². The number of hydrogen-bond donors (Lipinski definition) is 1. The van der Waals surface area contributed by atoms with Crippen LogP contribution in [0.5, 0.6) is 0 Å². The van der Waals surface area contributed by atoms with E-state index in [9.17, 15) is 9.18 Å². The second kappa shape index (κ2) is 6.57. The van der Waals surface area contributed by atoms with Crippen molar-refractivity contribution in [2.45, 2.75) is 26.4 Å². The molecule has 0 spiro atoms. The molecule has 8 heteroatoms. The van der Waals surface area contributed by atoms with Crippen molar-refractivity contribution in [3.8, 4) is 0 Å². The summed E-state index contributed by atoms with van der Waals surface area (Å²) < 4.78 is 15.7. The number of anilines is 1. The van der Waals surface area contributed by atoms with E-state index in [0.29, 0.717) is 31.7 Å². The second-order valence-electron chi connectivity index (χ2n) is 6.38. The minimum absolute atomic E-state index is 0.135. The number of nitrogens with one attached hydrogen (secondary N) is 1. The summed E-state index contributed by atoms with van der Waals surface area (Å²) in [6.07, 6.45) is 4.02. The normalized spacial score (nSPS) is 13.7. The zero-order valence-electron chi connectivity index (χ0n) is 14.2. The van der Waals surface area contributed by atoms with Gasteiger partial charge in [0.2, 0.25) is 0 Å². The molecule has 26 heavy (non-hydrogen) atoms. The van der Waals surface area contributed by atoms with Crippen LogP contribution in [-0.2, 0) is 19.5 Å². The third kappa shape index (κ3) is 2.99. The molecule has 3 heterocycles. The van der Waals surface area contributed by atoms with Crippen LogP contribution < -0.4 is 10.5 Å². The van der Waals surface area contributed by atoms with Crippen LogP contribution in [0.2, 0.25) is 5.02 Å². The number of benzene rings is 1. The zero-order valence-corrected chi connectivity index (χ0v) is 14.9. The molecule has 1 aromatic carbocycles. The average molecular weight is 374 g/mol. The van der Waals surface area contributed by atoms with Gasteiger partial charge in [-0.1, -0.05) is 17.7 Å². The quantitative estimate of drug-likeness (QED) is 0.766. The Hall–Kier alpha value is -2.67. The molecule has 4 rings (SSSR count). The fraction of sp³-hybridized carbons (Fsp3) is 0.278. The fourth-order valence-electron chi connectivity index (χ4n) is 3.29. The molecule has 0 fully saturated rings. The number of imidazole rings is 1. The minimum atomic E-state index is -0.402. The second-order valence-corrected chi connectivity index (χ2v) is 6.76. The van der Waals surface area contributed by atoms with Gasteiger partial charge in [0.05, 0.1) is 18.4 Å². The highest BCUT2D eigenvalue weighted by Gasteiger charge is 2.23. The van der Waals surface area contributed by atoms with Crippen LogP contribution in [-0.4, -0.2) is 26.3 Å². The van der Waals surface area contributed by atoms with Gasteiger partial charge >= 0.3 is 0 Å². The smallest absolute Gasteiger partial charge is 0.285 e. The van der Waals surface area contributed by atoms with E-state index in [1.165, 1.54) is 6.07 Å². The molecule has 1 aliphatic rings. The van der Waals surface area contributed by atoms with E-state index < -0.39 is 5.56 Å². The van der Waals surface area contributed by atoms with Crippen LogP contribution >= 0.6 is 11.6 Å². The number of rotatable bonds is 3. The number of aryl methyl sites for hydroxylation is 1. The predicted octanol–water partition coefficient (Wildman–Crippen LogP) is 2.68. The maximum absolute atomic E-state index is 13.5. The molecular formula is C18H17ClFN5O. The van der Waals surface area contributed by atoms with E-state index in [2.05, 4.69) is 19.7 Å². The van der Waals surface area contributed by atoms with Crippen LogP contribution in [0.15, 0.2) is 35.4 Å². The Bertz CT molecular complexity index is 1030. The van der Waals surface area contributed by atoms with Gasteiger partial charge in [-0.3, -0.25) is 4.79 Å². The van der Waals surface area contributed by atoms with Crippen molar-refractivity contribution in [2.24, 2.45) is 0 Å². The van der Waals surface area contributed by atoms with Gasteiger partial charge in [0.1, 0.15) is 16.7 Å². The van der Waals surface area contributed by atoms with Gasteiger partial charge in [-0.15, -0.1) is 0 Å². The number of fused-ring (bicyclic) bond motifs is 1. The van der Waals surface area contributed by atoms with Crippen molar-refractivity contribution in [3.63, 3.8) is 0 Å². The third-order valence-electron chi connectivity index (χ3n) is 4.75. The van der Waals surface area contributed by atoms with Crippen LogP contribution in [0.4, 0.5) is 10.1 Å². The Balaban J connectivity index is 1.60. The minimum Gasteiger partial charge on any atom is -0.360 e. The Labute approximate surface area is 154 Å². The van der Waals surface area contributed by atoms with Gasteiger partial charge in [0.25, 0.3) is 5.56 Å². The Morgan fingerprint density at radius 3 is 3.00 bits per heavy atom. The molecule has 1 aliphatic heterocycles. The van der Waals surface area contributed by atoms with Crippen LogP contribution in [0.3, 0.4) is 0 Å². The summed E-state index contributed by atoms with van der Waals surface area (Å²) in [6, 6.07) is 4.84. The molecule has 0 saturated carbocycles. The summed E-state index contributed by atoms with van der Waals surface area (Å²) in [6.45, 7) is 3.91. The first-order valence-corrected chi connectivity index (χ1v) is 8.67. The largest absolute Gasteiger partial charge is 0.360 e. The SMILES string of the molecule is Cc1ccc(F)cc1Cc1cnc2n1CCN(c1cn[nH]c(=O)c1Cl)C2. The number of halogens is 2. The highest BCUT2D eigenvalue weighted by molar-refractivity contribution is 6.32. The number of hydrogen-bond acceptors (Lipinski definition) is 4. The van der Waals surface area contributed by atoms with E-state index in [1.54, 1.807) is 18.3 Å². The molecule has 0 amide bonds. The van der Waals surface area contributed by atoms with Gasteiger partial charge in [-0.25, -0.2) is 14.5 Å². The average Bonchev–Trinajstić information content (AvgIpc) is 3.03. The standard InChI is InChI=1S/C18H17ClFN5O/c1-11-2-3-13(20)6-12(11)7-14-8-21-16-10-24(4-5-25(14)16)15-9-22-23-18(26)17(15)19/h2-3,6,8-9H,4-5,7,10H2,1H3,(H,23,26). The van der Waals surface area contributed by atoms with Crippen molar-refractivity contribution in [1.29, 1.82) is 0 Å². The number of H-pyrrole nitrogens is 1. The molecule has 3 aromatic rings. The van der Waals surface area contributed by atoms with Gasteiger partial charge in [0, 0.05) is 31.4 Å². The Morgan fingerprint density at radius 1 is 1.31 bits per heavy atom. The molecule has 0 unspecified atom stereocenters. The molecule has 134 valence electrons. The summed E-state index contributed by atoms with van der Waals surface area (Å²) in [5.74, 6) is 0.656. The van der Waals surface area contributed by atoms with Crippen LogP contribution in [0, 0.1) is 12.7 Å². The molecule has 0 radical (unpaired) electrons. The molecule has 2 aromatic heterocycles. The van der Waals surface area contributed by atoms with E-state index in [-0.39, 0.29) is 10.8 Å². The van der Waals surface area contributed by atoms with Crippen molar-refractivity contribution in [3.05, 3.63) is 74.4 Å². The molecule has 0 bridgehead atoms. The van der Waals surface area contributed by atoms with Crippen molar-refractivity contribution in [1.82, 2.24) is 19.7 Å². The van der Waals surface area contributed by atoms with E-state index in [4.69, 9.17) is 11.6 Å². The van der Waals surface area contributed by atoms with Gasteiger partial charge < -0.3 is 9.47 Å². The zero-order chi connectivity index (χ0) is 18.3. The molecule has 0 saturated heterocycles. The molecule has 0 aliphatic carbocycles. The van der Waals surface area contributed by atoms with E-state index in [0.717, 1.165) is 22.6 Å². The predicted molar refractivity (Wildman–Crippen MR) is 97.1 cm³/mol. The molecule has 0 atom stereocenters. The lowest BCUT2D eigenvalue weighted by atomic mass is 10.0. The molecular weight excluding hydrogens is 357 g/mol. The van der Waals surface area contributed by atoms with E-state index in [1.807, 2.05) is 18.0 Å². The van der Waals surface area contributed by atoms with Crippen LogP contribution in [0.1, 0.15) is 22.6 Å².